The lowest BCUT2D eigenvalue weighted by Crippen LogP contribution is -2.51. The summed E-state index contributed by atoms with van der Waals surface area (Å²) in [6, 6.07) is 14.8. The number of anilines is 1. The van der Waals surface area contributed by atoms with Gasteiger partial charge in [-0.05, 0) is 66.7 Å². The van der Waals surface area contributed by atoms with Crippen molar-refractivity contribution in [1.82, 2.24) is 8.65 Å². The molecular weight excluding hydrogens is 525 g/mol. The van der Waals surface area contributed by atoms with Crippen molar-refractivity contribution in [1.29, 1.82) is 0 Å². The number of benzene rings is 3. The number of hydrogen-bond donors (Lipinski definition) is 0. The number of carbonyl (C=O) groups excluding carboxylic acids is 1. The van der Waals surface area contributed by atoms with Crippen LogP contribution in [0, 0.1) is 0 Å². The van der Waals surface area contributed by atoms with Crippen molar-refractivity contribution in [3.8, 4) is 0 Å². The molecule has 1 amide bonds. The summed E-state index contributed by atoms with van der Waals surface area (Å²) in [5.74, 6) is -0.639. The summed E-state index contributed by atoms with van der Waals surface area (Å²) in [5, 5.41) is 1.59. The molecule has 0 spiro atoms. The van der Waals surface area contributed by atoms with Gasteiger partial charge >= 0.3 is 5.69 Å². The number of fused-ring (bicyclic) bond motifs is 1. The topological polar surface area (TPSA) is 98.4 Å². The van der Waals surface area contributed by atoms with Crippen LogP contribution in [0.15, 0.2) is 81.2 Å². The zero-order chi connectivity index (χ0) is 24.8. The van der Waals surface area contributed by atoms with Crippen molar-refractivity contribution in [3.63, 3.8) is 0 Å². The van der Waals surface area contributed by atoms with Crippen molar-refractivity contribution in [2.45, 2.75) is 11.8 Å². The second-order valence-corrected chi connectivity index (χ2v) is 10.2. The van der Waals surface area contributed by atoms with Crippen LogP contribution >= 0.6 is 34.8 Å². The van der Waals surface area contributed by atoms with Gasteiger partial charge in [0, 0.05) is 22.0 Å². The van der Waals surface area contributed by atoms with E-state index in [0.717, 1.165) is 9.69 Å². The minimum absolute atomic E-state index is 0.0600. The van der Waals surface area contributed by atoms with Gasteiger partial charge in [-0.1, -0.05) is 34.8 Å². The highest BCUT2D eigenvalue weighted by Crippen LogP contribution is 2.23. The fraction of sp³-hybridized carbons (Fsp3) is 0.0455. The van der Waals surface area contributed by atoms with Crippen molar-refractivity contribution < 1.29 is 13.2 Å². The Hall–Kier alpha value is -3.11. The molecule has 0 aliphatic rings. The third-order valence-electron chi connectivity index (χ3n) is 4.88. The molecule has 8 nitrogen and oxygen atoms in total. The van der Waals surface area contributed by atoms with Gasteiger partial charge in [0.05, 0.1) is 21.5 Å². The van der Waals surface area contributed by atoms with E-state index in [2.05, 4.69) is 0 Å². The molecule has 0 bridgehead atoms. The smallest absolute Gasteiger partial charge is 0.273 e. The molecule has 0 unspecified atom stereocenters. The molecule has 34 heavy (non-hydrogen) atoms. The largest absolute Gasteiger partial charge is 0.365 e. The van der Waals surface area contributed by atoms with Crippen LogP contribution in [0.1, 0.15) is 6.92 Å². The number of halogens is 3. The van der Waals surface area contributed by atoms with E-state index in [1.807, 2.05) is 0 Å². The van der Waals surface area contributed by atoms with Gasteiger partial charge in [-0.25, -0.2) is 18.2 Å². The monoisotopic (exact) mass is 537 g/mol. The number of hydrogen-bond acceptors (Lipinski definition) is 5. The first-order chi connectivity index (χ1) is 16.0. The maximum atomic E-state index is 13.6. The molecule has 0 radical (unpaired) electrons. The summed E-state index contributed by atoms with van der Waals surface area (Å²) in [5.41, 5.74) is -2.24. The SMILES string of the molecule is CC(=O)N(c1ccc(Cl)cc1)n1c(=O)n(S(=O)(=O)c2ccc(Cl)cc2)c(=O)c2ccc(Cl)cc21. The van der Waals surface area contributed by atoms with Crippen LogP contribution in [0.25, 0.3) is 10.9 Å². The summed E-state index contributed by atoms with van der Waals surface area (Å²) in [6.07, 6.45) is 0. The summed E-state index contributed by atoms with van der Waals surface area (Å²) >= 11 is 17.9. The van der Waals surface area contributed by atoms with E-state index < -0.39 is 27.2 Å². The molecular formula is C22H14Cl3N3O5S. The lowest BCUT2D eigenvalue weighted by molar-refractivity contribution is -0.117. The van der Waals surface area contributed by atoms with Crippen molar-refractivity contribution in [2.24, 2.45) is 0 Å². The minimum Gasteiger partial charge on any atom is -0.273 e. The first-order valence-corrected chi connectivity index (χ1v) is 12.1. The van der Waals surface area contributed by atoms with Crippen LogP contribution < -0.4 is 16.3 Å². The van der Waals surface area contributed by atoms with E-state index in [9.17, 15) is 22.8 Å². The highest BCUT2D eigenvalue weighted by molar-refractivity contribution is 7.90. The number of nitrogens with zero attached hydrogens (tertiary/aromatic N) is 3. The summed E-state index contributed by atoms with van der Waals surface area (Å²) in [6.45, 7) is 1.18. The maximum absolute atomic E-state index is 13.6. The van der Waals surface area contributed by atoms with E-state index >= 15 is 0 Å². The van der Waals surface area contributed by atoms with Gasteiger partial charge in [0.1, 0.15) is 0 Å². The first kappa shape index (κ1) is 24.0. The van der Waals surface area contributed by atoms with Crippen LogP contribution in [0.3, 0.4) is 0 Å². The summed E-state index contributed by atoms with van der Waals surface area (Å²) < 4.78 is 27.7. The predicted molar refractivity (Wildman–Crippen MR) is 132 cm³/mol. The highest BCUT2D eigenvalue weighted by Gasteiger charge is 2.29. The lowest BCUT2D eigenvalue weighted by atomic mass is 10.2. The van der Waals surface area contributed by atoms with Crippen LogP contribution in [-0.2, 0) is 14.8 Å². The Morgan fingerprint density at radius 3 is 1.91 bits per heavy atom. The van der Waals surface area contributed by atoms with E-state index in [0.29, 0.717) is 5.02 Å². The van der Waals surface area contributed by atoms with Gasteiger partial charge in [-0.15, -0.1) is 3.97 Å². The molecule has 0 saturated heterocycles. The van der Waals surface area contributed by atoms with Crippen LogP contribution in [0.5, 0.6) is 0 Å². The number of carbonyl (C=O) groups is 1. The van der Waals surface area contributed by atoms with Gasteiger partial charge < -0.3 is 0 Å². The molecule has 0 aliphatic heterocycles. The van der Waals surface area contributed by atoms with E-state index in [1.165, 1.54) is 73.7 Å². The number of aromatic nitrogens is 2. The molecule has 3 aromatic carbocycles. The quantitative estimate of drug-likeness (QED) is 0.388. The Bertz CT molecular complexity index is 1660. The molecule has 0 atom stereocenters. The first-order valence-electron chi connectivity index (χ1n) is 9.57. The van der Waals surface area contributed by atoms with Crippen LogP contribution in [0.2, 0.25) is 15.1 Å². The Balaban J connectivity index is 2.16. The summed E-state index contributed by atoms with van der Waals surface area (Å²) in [4.78, 5) is 39.3. The average Bonchev–Trinajstić information content (AvgIpc) is 2.77. The third kappa shape index (κ3) is 4.12. The third-order valence-corrected chi connectivity index (χ3v) is 7.29. The molecule has 174 valence electrons. The molecule has 0 fully saturated rings. The van der Waals surface area contributed by atoms with Gasteiger partial charge in [-0.3, -0.25) is 9.59 Å². The normalized spacial score (nSPS) is 11.5. The Labute approximate surface area is 208 Å². The summed E-state index contributed by atoms with van der Waals surface area (Å²) in [7, 11) is -4.67. The second-order valence-electron chi connectivity index (χ2n) is 7.09. The fourth-order valence-corrected chi connectivity index (χ4v) is 5.09. The molecule has 0 aliphatic carbocycles. The zero-order valence-electron chi connectivity index (χ0n) is 17.3. The Morgan fingerprint density at radius 2 is 1.35 bits per heavy atom. The highest BCUT2D eigenvalue weighted by atomic mass is 35.5. The predicted octanol–water partition coefficient (Wildman–Crippen LogP) is 4.18. The van der Waals surface area contributed by atoms with Crippen LogP contribution in [0.4, 0.5) is 5.69 Å². The molecule has 4 rings (SSSR count). The van der Waals surface area contributed by atoms with Gasteiger partial charge in [-0.2, -0.15) is 4.68 Å². The van der Waals surface area contributed by atoms with Crippen molar-refractivity contribution in [3.05, 3.63) is 103 Å². The molecule has 0 N–H and O–H groups in total. The number of amides is 1. The molecule has 0 saturated carbocycles. The molecule has 4 aromatic rings. The molecule has 1 aromatic heterocycles. The molecule has 12 heteroatoms. The Kier molecular flexibility index (Phi) is 6.30. The zero-order valence-corrected chi connectivity index (χ0v) is 20.4. The van der Waals surface area contributed by atoms with Crippen molar-refractivity contribution >= 4 is 67.3 Å². The molecule has 1 heterocycles. The standard InChI is InChI=1S/C22H14Cl3N3O5S/c1-13(29)26(17-7-2-14(23)3-8-17)27-20-12-16(25)6-11-19(20)21(30)28(22(27)31)34(32,33)18-9-4-15(24)5-10-18/h2-12H,1H3. The van der Waals surface area contributed by atoms with Crippen molar-refractivity contribution in [2.75, 3.05) is 5.01 Å². The fourth-order valence-electron chi connectivity index (χ4n) is 3.38. The maximum Gasteiger partial charge on any atom is 0.365 e. The van der Waals surface area contributed by atoms with Gasteiger partial charge in [0.15, 0.2) is 0 Å². The van der Waals surface area contributed by atoms with E-state index in [4.69, 9.17) is 34.8 Å². The van der Waals surface area contributed by atoms with Crippen LogP contribution in [-0.4, -0.2) is 23.0 Å². The average molecular weight is 539 g/mol. The Morgan fingerprint density at radius 1 is 0.824 bits per heavy atom. The van der Waals surface area contributed by atoms with E-state index in [-0.39, 0.29) is 35.5 Å². The van der Waals surface area contributed by atoms with Gasteiger partial charge in [0.25, 0.3) is 15.6 Å². The second kappa shape index (κ2) is 8.92. The number of rotatable bonds is 4. The minimum atomic E-state index is -4.67. The van der Waals surface area contributed by atoms with E-state index in [1.54, 1.807) is 0 Å². The van der Waals surface area contributed by atoms with Gasteiger partial charge in [0.2, 0.25) is 5.91 Å². The lowest BCUT2D eigenvalue weighted by Gasteiger charge is -2.25.